The Morgan fingerprint density at radius 1 is 1.31 bits per heavy atom. The van der Waals surface area contributed by atoms with Crippen LogP contribution in [0.5, 0.6) is 0 Å². The molecule has 26 heavy (non-hydrogen) atoms. The van der Waals surface area contributed by atoms with Gasteiger partial charge in [0.1, 0.15) is 17.1 Å². The number of aromatic nitrogens is 1. The third-order valence-electron chi connectivity index (χ3n) is 3.64. The molecule has 2 heterocycles. The van der Waals surface area contributed by atoms with E-state index in [-0.39, 0.29) is 24.0 Å². The van der Waals surface area contributed by atoms with Crippen LogP contribution in [0.3, 0.4) is 0 Å². The number of nitrogens with one attached hydrogen (secondary N) is 1. The highest BCUT2D eigenvalue weighted by Gasteiger charge is 2.26. The maximum absolute atomic E-state index is 13.4. The summed E-state index contributed by atoms with van der Waals surface area (Å²) in [6.45, 7) is 7.29. The lowest BCUT2D eigenvalue weighted by Crippen LogP contribution is -2.39. The summed E-state index contributed by atoms with van der Waals surface area (Å²) >= 11 is 0. The van der Waals surface area contributed by atoms with Crippen LogP contribution in [0.2, 0.25) is 0 Å². The van der Waals surface area contributed by atoms with E-state index < -0.39 is 18.1 Å². The number of carbonyl (C=O) groups is 2. The van der Waals surface area contributed by atoms with Crippen LogP contribution in [0.15, 0.2) is 18.2 Å². The number of hydrogen-bond donors (Lipinski definition) is 1. The predicted molar refractivity (Wildman–Crippen MR) is 93.9 cm³/mol. The quantitative estimate of drug-likeness (QED) is 0.876. The second kappa shape index (κ2) is 7.80. The lowest BCUT2D eigenvalue weighted by atomic mass is 9.98. The van der Waals surface area contributed by atoms with Crippen molar-refractivity contribution in [2.24, 2.45) is 0 Å². The number of rotatable bonds is 3. The van der Waals surface area contributed by atoms with Crippen molar-refractivity contribution in [1.82, 2.24) is 9.88 Å². The Kier molecular flexibility index (Phi) is 5.94. The molecule has 0 aliphatic carbocycles. The summed E-state index contributed by atoms with van der Waals surface area (Å²) < 4.78 is 32.1. The van der Waals surface area contributed by atoms with Crippen molar-refractivity contribution in [3.05, 3.63) is 29.5 Å². The molecule has 0 bridgehead atoms. The van der Waals surface area contributed by atoms with Gasteiger partial charge >= 0.3 is 6.09 Å². The Labute approximate surface area is 151 Å². The number of carbonyl (C=O) groups excluding carboxylic acids is 2. The fraction of sp³-hybridized carbons (Fsp3) is 0.500. The van der Waals surface area contributed by atoms with Crippen LogP contribution in [0.25, 0.3) is 5.57 Å². The van der Waals surface area contributed by atoms with Crippen molar-refractivity contribution in [3.8, 4) is 0 Å². The molecular weight excluding hydrogens is 344 g/mol. The highest BCUT2D eigenvalue weighted by molar-refractivity contribution is 5.87. The lowest BCUT2D eigenvalue weighted by Gasteiger charge is -2.30. The van der Waals surface area contributed by atoms with E-state index >= 15 is 0 Å². The number of alkyl halides is 2. The molecule has 1 aliphatic heterocycles. The van der Waals surface area contributed by atoms with Crippen LogP contribution in [0, 0.1) is 0 Å². The van der Waals surface area contributed by atoms with Gasteiger partial charge in [-0.2, -0.15) is 0 Å². The van der Waals surface area contributed by atoms with Gasteiger partial charge in [-0.05, 0) is 44.9 Å². The van der Waals surface area contributed by atoms with Crippen LogP contribution in [-0.2, 0) is 9.53 Å². The van der Waals surface area contributed by atoms with Gasteiger partial charge in [0.25, 0.3) is 6.43 Å². The van der Waals surface area contributed by atoms with Crippen LogP contribution < -0.4 is 5.32 Å². The van der Waals surface area contributed by atoms with Gasteiger partial charge in [0.15, 0.2) is 0 Å². The molecule has 0 atom stereocenters. The Morgan fingerprint density at radius 3 is 2.50 bits per heavy atom. The summed E-state index contributed by atoms with van der Waals surface area (Å²) in [5.41, 5.74) is 0.0565. The summed E-state index contributed by atoms with van der Waals surface area (Å²) in [7, 11) is 0. The average molecular weight is 367 g/mol. The zero-order chi connectivity index (χ0) is 19.5. The molecule has 0 radical (unpaired) electrons. The molecule has 1 aliphatic rings. The molecule has 1 N–H and O–H groups in total. The first kappa shape index (κ1) is 19.8. The van der Waals surface area contributed by atoms with Crippen LogP contribution >= 0.6 is 0 Å². The summed E-state index contributed by atoms with van der Waals surface area (Å²) in [4.78, 5) is 28.5. The zero-order valence-electron chi connectivity index (χ0n) is 15.3. The normalized spacial score (nSPS) is 14.9. The van der Waals surface area contributed by atoms with Crippen molar-refractivity contribution < 1.29 is 23.1 Å². The Balaban J connectivity index is 2.19. The number of anilines is 1. The van der Waals surface area contributed by atoms with E-state index in [1.54, 1.807) is 26.8 Å². The molecule has 0 saturated carbocycles. The third-order valence-corrected chi connectivity index (χ3v) is 3.64. The van der Waals surface area contributed by atoms with Crippen molar-refractivity contribution >= 4 is 23.4 Å². The summed E-state index contributed by atoms with van der Waals surface area (Å²) in [5.74, 6) is -0.293. The highest BCUT2D eigenvalue weighted by atomic mass is 19.3. The van der Waals surface area contributed by atoms with Crippen molar-refractivity contribution in [3.63, 3.8) is 0 Å². The van der Waals surface area contributed by atoms with E-state index in [1.807, 2.05) is 0 Å². The molecule has 0 spiro atoms. The van der Waals surface area contributed by atoms with Gasteiger partial charge in [-0.3, -0.25) is 4.79 Å². The second-order valence-electron chi connectivity index (χ2n) is 7.02. The number of pyridine rings is 1. The number of ether oxygens (including phenoxy) is 1. The molecule has 142 valence electrons. The summed E-state index contributed by atoms with van der Waals surface area (Å²) in [6.07, 6.45) is -1.06. The average Bonchev–Trinajstić information content (AvgIpc) is 2.52. The van der Waals surface area contributed by atoms with Crippen molar-refractivity contribution in [2.75, 3.05) is 18.4 Å². The number of halogens is 2. The SMILES string of the molecule is CC(=O)Nc1ccc(C2=CCN(C(=O)OC(C)(C)C)CC2)c(C(F)F)n1. The van der Waals surface area contributed by atoms with Gasteiger partial charge in [-0.15, -0.1) is 0 Å². The Morgan fingerprint density at radius 2 is 2.00 bits per heavy atom. The van der Waals surface area contributed by atoms with Crippen LogP contribution in [0.1, 0.15) is 51.8 Å². The van der Waals surface area contributed by atoms with Gasteiger partial charge in [0, 0.05) is 25.6 Å². The Hall–Kier alpha value is -2.51. The van der Waals surface area contributed by atoms with Gasteiger partial charge in [-0.1, -0.05) is 6.08 Å². The fourth-order valence-electron chi connectivity index (χ4n) is 2.57. The van der Waals surface area contributed by atoms with Gasteiger partial charge in [-0.25, -0.2) is 18.6 Å². The maximum Gasteiger partial charge on any atom is 0.410 e. The van der Waals surface area contributed by atoms with Crippen molar-refractivity contribution in [2.45, 2.75) is 46.1 Å². The predicted octanol–water partition coefficient (Wildman–Crippen LogP) is 4.00. The fourth-order valence-corrected chi connectivity index (χ4v) is 2.57. The zero-order valence-corrected chi connectivity index (χ0v) is 15.3. The minimum atomic E-state index is -2.77. The van der Waals surface area contributed by atoms with E-state index in [2.05, 4.69) is 10.3 Å². The molecule has 0 unspecified atom stereocenters. The van der Waals surface area contributed by atoms with Gasteiger partial charge in [0.05, 0.1) is 0 Å². The van der Waals surface area contributed by atoms with E-state index in [4.69, 9.17) is 4.74 Å². The largest absolute Gasteiger partial charge is 0.444 e. The molecular formula is C18H23F2N3O3. The topological polar surface area (TPSA) is 71.5 Å². The molecule has 0 fully saturated rings. The number of nitrogens with zero attached hydrogens (tertiary/aromatic N) is 2. The standard InChI is InChI=1S/C18H23F2N3O3/c1-11(24)21-14-6-5-13(15(22-14)16(19)20)12-7-9-23(10-8-12)17(25)26-18(2,3)4/h5-7,16H,8-10H2,1-4H3,(H,21,22,24). The minimum Gasteiger partial charge on any atom is -0.444 e. The number of hydrogen-bond acceptors (Lipinski definition) is 4. The van der Waals surface area contributed by atoms with E-state index in [0.717, 1.165) is 0 Å². The van der Waals surface area contributed by atoms with Crippen molar-refractivity contribution in [1.29, 1.82) is 0 Å². The highest BCUT2D eigenvalue weighted by Crippen LogP contribution is 2.31. The molecule has 6 nitrogen and oxygen atoms in total. The second-order valence-corrected chi connectivity index (χ2v) is 7.02. The maximum atomic E-state index is 13.4. The molecule has 2 amide bonds. The monoisotopic (exact) mass is 367 g/mol. The number of amides is 2. The van der Waals surface area contributed by atoms with Crippen LogP contribution in [0.4, 0.5) is 19.4 Å². The lowest BCUT2D eigenvalue weighted by molar-refractivity contribution is -0.114. The summed E-state index contributed by atoms with van der Waals surface area (Å²) in [5, 5.41) is 2.40. The first-order chi connectivity index (χ1) is 12.1. The molecule has 1 aromatic rings. The first-order valence-electron chi connectivity index (χ1n) is 8.31. The van der Waals surface area contributed by atoms with Gasteiger partial charge in [0.2, 0.25) is 5.91 Å². The molecule has 8 heteroatoms. The summed E-state index contributed by atoms with van der Waals surface area (Å²) in [6, 6.07) is 3.01. The van der Waals surface area contributed by atoms with Crippen LogP contribution in [-0.4, -0.2) is 40.6 Å². The van der Waals surface area contributed by atoms with E-state index in [9.17, 15) is 18.4 Å². The minimum absolute atomic E-state index is 0.0864. The molecule has 0 saturated heterocycles. The van der Waals surface area contributed by atoms with E-state index in [1.165, 1.54) is 24.0 Å². The Bertz CT molecular complexity index is 727. The first-order valence-corrected chi connectivity index (χ1v) is 8.31. The molecule has 0 aromatic carbocycles. The smallest absolute Gasteiger partial charge is 0.410 e. The third kappa shape index (κ3) is 5.24. The van der Waals surface area contributed by atoms with Gasteiger partial charge < -0.3 is 15.0 Å². The molecule has 2 rings (SSSR count). The molecule has 1 aromatic heterocycles. The van der Waals surface area contributed by atoms with E-state index in [0.29, 0.717) is 24.1 Å².